The van der Waals surface area contributed by atoms with E-state index in [0.29, 0.717) is 18.8 Å². The number of thioether (sulfide) groups is 1. The van der Waals surface area contributed by atoms with Crippen molar-refractivity contribution in [2.45, 2.75) is 10.4 Å². The molecule has 1 aromatic rings. The third-order valence-electron chi connectivity index (χ3n) is 3.90. The number of rotatable bonds is 2. The molecule has 0 N–H and O–H groups in total. The van der Waals surface area contributed by atoms with Crippen LogP contribution in [0.15, 0.2) is 9.72 Å². The Hall–Kier alpha value is -1.61. The standard InChI is InChI=1S/C13H16N4O3S2/c1-15-6-10(18)17-4-3-16(5-9(17)12(15)20)11(19)8-7-22-13(14-8)21-2/h7,9H,3-6H2,1-2H3/t9-/m0/s1. The van der Waals surface area contributed by atoms with Crippen molar-refractivity contribution < 1.29 is 14.4 Å². The summed E-state index contributed by atoms with van der Waals surface area (Å²) in [6, 6.07) is -0.567. The van der Waals surface area contributed by atoms with Crippen molar-refractivity contribution >= 4 is 40.8 Å². The second kappa shape index (κ2) is 5.88. The van der Waals surface area contributed by atoms with Crippen LogP contribution < -0.4 is 0 Å². The summed E-state index contributed by atoms with van der Waals surface area (Å²) in [4.78, 5) is 45.6. The van der Waals surface area contributed by atoms with E-state index in [-0.39, 0.29) is 30.8 Å². The Morgan fingerprint density at radius 2 is 2.18 bits per heavy atom. The van der Waals surface area contributed by atoms with E-state index in [4.69, 9.17) is 0 Å². The molecular weight excluding hydrogens is 324 g/mol. The summed E-state index contributed by atoms with van der Waals surface area (Å²) < 4.78 is 0.839. The number of fused-ring (bicyclic) bond motifs is 1. The first kappa shape index (κ1) is 15.3. The molecule has 118 valence electrons. The third-order valence-corrected chi connectivity index (χ3v) is 5.76. The number of nitrogens with zero attached hydrogens (tertiary/aromatic N) is 4. The molecule has 3 rings (SSSR count). The largest absolute Gasteiger partial charge is 0.335 e. The maximum absolute atomic E-state index is 12.5. The van der Waals surface area contributed by atoms with Crippen molar-refractivity contribution in [3.8, 4) is 0 Å². The summed E-state index contributed by atoms with van der Waals surface area (Å²) in [6.07, 6.45) is 1.91. The van der Waals surface area contributed by atoms with E-state index in [0.717, 1.165) is 4.34 Å². The third kappa shape index (κ3) is 2.58. The quantitative estimate of drug-likeness (QED) is 0.708. The number of likely N-dealkylation sites (N-methyl/N-ethyl adjacent to an activating group) is 1. The number of carbonyl (C=O) groups excluding carboxylic acids is 3. The molecule has 3 amide bonds. The van der Waals surface area contributed by atoms with Crippen LogP contribution in [0.1, 0.15) is 10.5 Å². The maximum Gasteiger partial charge on any atom is 0.273 e. The van der Waals surface area contributed by atoms with Crippen LogP contribution in [0.2, 0.25) is 0 Å². The minimum absolute atomic E-state index is 0.0578. The van der Waals surface area contributed by atoms with Crippen molar-refractivity contribution in [1.29, 1.82) is 0 Å². The maximum atomic E-state index is 12.5. The van der Waals surface area contributed by atoms with E-state index in [1.54, 1.807) is 22.2 Å². The lowest BCUT2D eigenvalue weighted by molar-refractivity contribution is -0.157. The van der Waals surface area contributed by atoms with Gasteiger partial charge in [0.2, 0.25) is 11.8 Å². The summed E-state index contributed by atoms with van der Waals surface area (Å²) in [7, 11) is 1.61. The molecule has 0 aliphatic carbocycles. The predicted molar refractivity (Wildman–Crippen MR) is 82.9 cm³/mol. The second-order valence-electron chi connectivity index (χ2n) is 5.25. The molecule has 7 nitrogen and oxygen atoms in total. The van der Waals surface area contributed by atoms with Crippen molar-refractivity contribution in [3.63, 3.8) is 0 Å². The fourth-order valence-corrected chi connectivity index (χ4v) is 3.95. The SMILES string of the molecule is CSc1nc(C(=O)N2CCN3C(=O)CN(C)C(=O)[C@@H]3C2)cs1. The lowest BCUT2D eigenvalue weighted by Gasteiger charge is -2.45. The normalized spacial score (nSPS) is 22.1. The number of hydrogen-bond donors (Lipinski definition) is 0. The Balaban J connectivity index is 1.76. The molecule has 2 aliphatic rings. The van der Waals surface area contributed by atoms with Crippen LogP contribution >= 0.6 is 23.1 Å². The molecule has 0 aromatic carbocycles. The van der Waals surface area contributed by atoms with Crippen molar-refractivity contribution in [3.05, 3.63) is 11.1 Å². The Morgan fingerprint density at radius 1 is 1.41 bits per heavy atom. The molecule has 1 atom stereocenters. The topological polar surface area (TPSA) is 73.8 Å². The van der Waals surface area contributed by atoms with Crippen molar-refractivity contribution in [2.24, 2.45) is 0 Å². The predicted octanol–water partition coefficient (Wildman–Crippen LogP) is -0.01000. The first-order chi connectivity index (χ1) is 10.5. The highest BCUT2D eigenvalue weighted by Gasteiger charge is 2.42. The number of carbonyl (C=O) groups is 3. The van der Waals surface area contributed by atoms with Gasteiger partial charge in [-0.25, -0.2) is 4.98 Å². The van der Waals surface area contributed by atoms with Crippen LogP contribution in [-0.2, 0) is 9.59 Å². The zero-order valence-corrected chi connectivity index (χ0v) is 13.9. The van der Waals surface area contributed by atoms with E-state index >= 15 is 0 Å². The molecule has 0 radical (unpaired) electrons. The van der Waals surface area contributed by atoms with Gasteiger partial charge in [0.15, 0.2) is 0 Å². The minimum Gasteiger partial charge on any atom is -0.335 e. The summed E-state index contributed by atoms with van der Waals surface area (Å²) in [6.45, 7) is 1.19. The first-order valence-corrected chi connectivity index (χ1v) is 8.95. The van der Waals surface area contributed by atoms with Crippen LogP contribution in [0, 0.1) is 0 Å². The fraction of sp³-hybridized carbons (Fsp3) is 0.538. The van der Waals surface area contributed by atoms with Gasteiger partial charge in [-0.1, -0.05) is 11.8 Å². The molecule has 2 saturated heterocycles. The molecule has 9 heteroatoms. The molecule has 0 saturated carbocycles. The Labute approximate surface area is 136 Å². The van der Waals surface area contributed by atoms with E-state index < -0.39 is 6.04 Å². The van der Waals surface area contributed by atoms with Gasteiger partial charge < -0.3 is 14.7 Å². The highest BCUT2D eigenvalue weighted by atomic mass is 32.2. The van der Waals surface area contributed by atoms with E-state index in [1.807, 2.05) is 6.26 Å². The fourth-order valence-electron chi connectivity index (χ4n) is 2.71. The second-order valence-corrected chi connectivity index (χ2v) is 7.16. The van der Waals surface area contributed by atoms with E-state index in [9.17, 15) is 14.4 Å². The molecule has 2 aliphatic heterocycles. The average Bonchev–Trinajstić information content (AvgIpc) is 3.00. The molecule has 2 fully saturated rings. The molecule has 0 unspecified atom stereocenters. The van der Waals surface area contributed by atoms with Gasteiger partial charge in [0, 0.05) is 25.5 Å². The van der Waals surface area contributed by atoms with Crippen LogP contribution in [0.3, 0.4) is 0 Å². The number of amides is 3. The first-order valence-electron chi connectivity index (χ1n) is 6.84. The smallest absolute Gasteiger partial charge is 0.273 e. The monoisotopic (exact) mass is 340 g/mol. The summed E-state index contributed by atoms with van der Waals surface area (Å²) in [5.41, 5.74) is 0.408. The molecule has 3 heterocycles. The van der Waals surface area contributed by atoms with E-state index in [2.05, 4.69) is 4.98 Å². The van der Waals surface area contributed by atoms with Crippen LogP contribution in [0.25, 0.3) is 0 Å². The Kier molecular flexibility index (Phi) is 4.09. The van der Waals surface area contributed by atoms with Gasteiger partial charge in [0.1, 0.15) is 16.1 Å². The van der Waals surface area contributed by atoms with Gasteiger partial charge in [0.25, 0.3) is 5.91 Å². The zero-order valence-electron chi connectivity index (χ0n) is 12.3. The molecular formula is C13H16N4O3S2. The van der Waals surface area contributed by atoms with Gasteiger partial charge in [-0.3, -0.25) is 14.4 Å². The highest BCUT2D eigenvalue weighted by Crippen LogP contribution is 2.22. The molecule has 0 spiro atoms. The lowest BCUT2D eigenvalue weighted by atomic mass is 10.1. The van der Waals surface area contributed by atoms with Crippen molar-refractivity contribution in [2.75, 3.05) is 39.5 Å². The van der Waals surface area contributed by atoms with Crippen molar-refractivity contribution in [1.82, 2.24) is 19.7 Å². The summed E-state index contributed by atoms with van der Waals surface area (Å²) in [5.74, 6) is -0.345. The summed E-state index contributed by atoms with van der Waals surface area (Å²) >= 11 is 2.93. The Bertz CT molecular complexity index is 633. The molecule has 0 bridgehead atoms. The zero-order chi connectivity index (χ0) is 15.9. The number of thiazole rings is 1. The molecule has 1 aromatic heterocycles. The van der Waals surface area contributed by atoms with Crippen LogP contribution in [0.5, 0.6) is 0 Å². The van der Waals surface area contributed by atoms with Gasteiger partial charge in [-0.15, -0.1) is 11.3 Å². The van der Waals surface area contributed by atoms with Gasteiger partial charge in [-0.05, 0) is 6.26 Å². The summed E-state index contributed by atoms with van der Waals surface area (Å²) in [5, 5.41) is 1.74. The van der Waals surface area contributed by atoms with Crippen LogP contribution in [-0.4, -0.2) is 82.9 Å². The van der Waals surface area contributed by atoms with Gasteiger partial charge >= 0.3 is 0 Å². The highest BCUT2D eigenvalue weighted by molar-refractivity contribution is 8.00. The number of piperazine rings is 2. The lowest BCUT2D eigenvalue weighted by Crippen LogP contribution is -2.66. The number of aromatic nitrogens is 1. The Morgan fingerprint density at radius 3 is 2.86 bits per heavy atom. The average molecular weight is 340 g/mol. The van der Waals surface area contributed by atoms with Gasteiger partial charge in [-0.2, -0.15) is 0 Å². The van der Waals surface area contributed by atoms with E-state index in [1.165, 1.54) is 28.0 Å². The minimum atomic E-state index is -0.567. The van der Waals surface area contributed by atoms with Gasteiger partial charge in [0.05, 0.1) is 13.1 Å². The molecule has 22 heavy (non-hydrogen) atoms. The number of hydrogen-bond acceptors (Lipinski definition) is 6. The van der Waals surface area contributed by atoms with Crippen LogP contribution in [0.4, 0.5) is 0 Å².